The molecule has 0 amide bonds. The van der Waals surface area contributed by atoms with Crippen molar-refractivity contribution in [1.82, 2.24) is 4.90 Å². The monoisotopic (exact) mass is 230 g/mol. The summed E-state index contributed by atoms with van der Waals surface area (Å²) in [5.41, 5.74) is 5.73. The molecule has 2 unspecified atom stereocenters. The molecule has 1 fully saturated rings. The molecule has 2 N–H and O–H groups in total. The molecule has 2 nitrogen and oxygen atoms in total. The fourth-order valence-electron chi connectivity index (χ4n) is 2.08. The van der Waals surface area contributed by atoms with E-state index in [2.05, 4.69) is 30.5 Å². The van der Waals surface area contributed by atoms with Crippen LogP contribution in [0.3, 0.4) is 0 Å². The van der Waals surface area contributed by atoms with E-state index in [1.54, 1.807) is 0 Å². The van der Waals surface area contributed by atoms with Crippen molar-refractivity contribution in [2.24, 2.45) is 11.7 Å². The molecule has 0 aromatic carbocycles. The molecule has 0 aliphatic carbocycles. The molecule has 0 bridgehead atoms. The molecule has 1 aliphatic rings. The molecule has 0 radical (unpaired) electrons. The second-order valence-electron chi connectivity index (χ2n) is 4.50. The van der Waals surface area contributed by atoms with Gasteiger partial charge in [0, 0.05) is 24.1 Å². The maximum absolute atomic E-state index is 5.73. The van der Waals surface area contributed by atoms with Gasteiger partial charge in [0.15, 0.2) is 0 Å². The van der Waals surface area contributed by atoms with Gasteiger partial charge in [-0.15, -0.1) is 0 Å². The number of nitrogens with zero attached hydrogens (tertiary/aromatic N) is 1. The van der Waals surface area contributed by atoms with Crippen LogP contribution in [0.5, 0.6) is 0 Å². The SMILES string of the molecule is CCC(CN)CCN1CCSC(CC)C1. The zero-order chi connectivity index (χ0) is 11.1. The third kappa shape index (κ3) is 4.75. The molecular weight excluding hydrogens is 204 g/mol. The summed E-state index contributed by atoms with van der Waals surface area (Å²) < 4.78 is 0. The Kier molecular flexibility index (Phi) is 6.69. The van der Waals surface area contributed by atoms with E-state index in [1.165, 1.54) is 44.6 Å². The summed E-state index contributed by atoms with van der Waals surface area (Å²) in [6.45, 7) is 9.24. The van der Waals surface area contributed by atoms with Crippen LogP contribution in [0, 0.1) is 5.92 Å². The topological polar surface area (TPSA) is 29.3 Å². The maximum Gasteiger partial charge on any atom is 0.0172 e. The average molecular weight is 230 g/mol. The van der Waals surface area contributed by atoms with Crippen molar-refractivity contribution in [2.45, 2.75) is 38.4 Å². The van der Waals surface area contributed by atoms with E-state index in [0.29, 0.717) is 0 Å². The summed E-state index contributed by atoms with van der Waals surface area (Å²) in [4.78, 5) is 2.63. The summed E-state index contributed by atoms with van der Waals surface area (Å²) in [6, 6.07) is 0. The Hall–Kier alpha value is 0.270. The molecule has 0 aromatic rings. The van der Waals surface area contributed by atoms with Gasteiger partial charge >= 0.3 is 0 Å². The maximum atomic E-state index is 5.73. The second-order valence-corrected chi connectivity index (χ2v) is 5.91. The van der Waals surface area contributed by atoms with Crippen molar-refractivity contribution in [3.63, 3.8) is 0 Å². The molecule has 2 atom stereocenters. The van der Waals surface area contributed by atoms with Crippen molar-refractivity contribution < 1.29 is 0 Å². The molecule has 1 saturated heterocycles. The van der Waals surface area contributed by atoms with Gasteiger partial charge in [-0.2, -0.15) is 11.8 Å². The fraction of sp³-hybridized carbons (Fsp3) is 1.00. The van der Waals surface area contributed by atoms with Gasteiger partial charge in [0.25, 0.3) is 0 Å². The van der Waals surface area contributed by atoms with E-state index in [4.69, 9.17) is 5.73 Å². The lowest BCUT2D eigenvalue weighted by atomic mass is 10.0. The molecule has 1 aliphatic heterocycles. The van der Waals surface area contributed by atoms with Gasteiger partial charge in [-0.3, -0.25) is 0 Å². The highest BCUT2D eigenvalue weighted by molar-refractivity contribution is 8.00. The molecule has 0 spiro atoms. The van der Waals surface area contributed by atoms with E-state index in [0.717, 1.165) is 17.7 Å². The zero-order valence-electron chi connectivity index (χ0n) is 10.2. The first kappa shape index (κ1) is 13.3. The Morgan fingerprint density at radius 1 is 1.47 bits per heavy atom. The fourth-order valence-corrected chi connectivity index (χ4v) is 3.33. The Morgan fingerprint density at radius 2 is 2.27 bits per heavy atom. The molecule has 1 rings (SSSR count). The quantitative estimate of drug-likeness (QED) is 0.758. The van der Waals surface area contributed by atoms with E-state index in [-0.39, 0.29) is 0 Å². The van der Waals surface area contributed by atoms with Gasteiger partial charge in [-0.05, 0) is 31.8 Å². The number of hydrogen-bond donors (Lipinski definition) is 1. The summed E-state index contributed by atoms with van der Waals surface area (Å²) in [7, 11) is 0. The third-order valence-electron chi connectivity index (χ3n) is 3.44. The highest BCUT2D eigenvalue weighted by atomic mass is 32.2. The van der Waals surface area contributed by atoms with Crippen LogP contribution in [0.15, 0.2) is 0 Å². The van der Waals surface area contributed by atoms with Gasteiger partial charge in [-0.1, -0.05) is 20.3 Å². The second kappa shape index (κ2) is 7.53. The zero-order valence-corrected chi connectivity index (χ0v) is 11.1. The van der Waals surface area contributed by atoms with Gasteiger partial charge in [-0.25, -0.2) is 0 Å². The lowest BCUT2D eigenvalue weighted by molar-refractivity contribution is 0.256. The Balaban J connectivity index is 2.20. The van der Waals surface area contributed by atoms with Crippen molar-refractivity contribution >= 4 is 11.8 Å². The van der Waals surface area contributed by atoms with Crippen molar-refractivity contribution in [2.75, 3.05) is 31.9 Å². The van der Waals surface area contributed by atoms with Crippen molar-refractivity contribution in [3.8, 4) is 0 Å². The first-order valence-corrected chi connectivity index (χ1v) is 7.39. The van der Waals surface area contributed by atoms with E-state index in [1.807, 2.05) is 0 Å². The third-order valence-corrected chi connectivity index (χ3v) is 4.81. The Labute approximate surface area is 99.0 Å². The predicted molar refractivity (Wildman–Crippen MR) is 70.4 cm³/mol. The van der Waals surface area contributed by atoms with Crippen molar-refractivity contribution in [3.05, 3.63) is 0 Å². The molecule has 1 heterocycles. The lowest BCUT2D eigenvalue weighted by Crippen LogP contribution is -2.39. The van der Waals surface area contributed by atoms with Crippen LogP contribution in [-0.2, 0) is 0 Å². The standard InChI is InChI=1S/C12H26N2S/c1-3-11(9-13)5-6-14-7-8-15-12(4-2)10-14/h11-12H,3-10,13H2,1-2H3. The average Bonchev–Trinajstić information content (AvgIpc) is 2.31. The van der Waals surface area contributed by atoms with Crippen LogP contribution in [0.1, 0.15) is 33.1 Å². The Morgan fingerprint density at radius 3 is 2.87 bits per heavy atom. The summed E-state index contributed by atoms with van der Waals surface area (Å²) >= 11 is 2.15. The summed E-state index contributed by atoms with van der Waals surface area (Å²) in [5.74, 6) is 2.05. The number of hydrogen-bond acceptors (Lipinski definition) is 3. The van der Waals surface area contributed by atoms with Crippen LogP contribution in [0.25, 0.3) is 0 Å². The minimum absolute atomic E-state index is 0.736. The summed E-state index contributed by atoms with van der Waals surface area (Å²) in [6.07, 6.45) is 3.83. The van der Waals surface area contributed by atoms with E-state index in [9.17, 15) is 0 Å². The lowest BCUT2D eigenvalue weighted by Gasteiger charge is -2.32. The van der Waals surface area contributed by atoms with Crippen LogP contribution in [0.2, 0.25) is 0 Å². The molecule has 15 heavy (non-hydrogen) atoms. The smallest absolute Gasteiger partial charge is 0.0172 e. The van der Waals surface area contributed by atoms with Gasteiger partial charge in [0.1, 0.15) is 0 Å². The molecule has 0 saturated carbocycles. The highest BCUT2D eigenvalue weighted by Crippen LogP contribution is 2.21. The van der Waals surface area contributed by atoms with Crippen LogP contribution in [-0.4, -0.2) is 42.1 Å². The minimum atomic E-state index is 0.736. The van der Waals surface area contributed by atoms with Gasteiger partial charge in [0.2, 0.25) is 0 Å². The summed E-state index contributed by atoms with van der Waals surface area (Å²) in [5, 5.41) is 0.872. The number of nitrogens with two attached hydrogens (primary N) is 1. The molecular formula is C12H26N2S. The number of thioether (sulfide) groups is 1. The van der Waals surface area contributed by atoms with E-state index >= 15 is 0 Å². The molecule has 3 heteroatoms. The first-order chi connectivity index (χ1) is 7.30. The normalized spacial score (nSPS) is 25.4. The van der Waals surface area contributed by atoms with Crippen molar-refractivity contribution in [1.29, 1.82) is 0 Å². The molecule has 0 aromatic heterocycles. The Bertz CT molecular complexity index is 160. The van der Waals surface area contributed by atoms with Gasteiger partial charge in [0.05, 0.1) is 0 Å². The highest BCUT2D eigenvalue weighted by Gasteiger charge is 2.19. The van der Waals surface area contributed by atoms with Crippen LogP contribution in [0.4, 0.5) is 0 Å². The van der Waals surface area contributed by atoms with Crippen LogP contribution < -0.4 is 5.73 Å². The predicted octanol–water partition coefficient (Wildman–Crippen LogP) is 2.19. The largest absolute Gasteiger partial charge is 0.330 e. The molecule has 90 valence electrons. The number of rotatable bonds is 6. The van der Waals surface area contributed by atoms with E-state index < -0.39 is 0 Å². The van der Waals surface area contributed by atoms with Gasteiger partial charge < -0.3 is 10.6 Å². The van der Waals surface area contributed by atoms with Crippen LogP contribution >= 0.6 is 11.8 Å². The first-order valence-electron chi connectivity index (χ1n) is 6.34. The minimum Gasteiger partial charge on any atom is -0.330 e.